The van der Waals surface area contributed by atoms with Gasteiger partial charge in [-0.05, 0) is 42.5 Å². The van der Waals surface area contributed by atoms with E-state index in [9.17, 15) is 5.11 Å². The third-order valence-electron chi connectivity index (χ3n) is 2.60. The highest BCUT2D eigenvalue weighted by Crippen LogP contribution is 2.31. The number of fused-ring (bicyclic) bond motifs is 1. The lowest BCUT2D eigenvalue weighted by atomic mass is 9.89. The molecule has 0 heterocycles. The molecule has 2 rings (SSSR count). The quantitative estimate of drug-likeness (QED) is 0.493. The number of nitrogens with one attached hydrogen (secondary N) is 1. The Morgan fingerprint density at radius 1 is 1.43 bits per heavy atom. The van der Waals surface area contributed by atoms with Gasteiger partial charge in [-0.3, -0.25) is 5.84 Å². The summed E-state index contributed by atoms with van der Waals surface area (Å²) < 4.78 is 0. The lowest BCUT2D eigenvalue weighted by molar-refractivity contribution is 0.156. The van der Waals surface area contributed by atoms with Crippen molar-refractivity contribution < 1.29 is 5.11 Å². The SMILES string of the molecule is Cl.NNc1ccc2c(c1)C(O)CCC2. The number of aryl methyl sites for hydroxylation is 1. The molecule has 0 fully saturated rings. The lowest BCUT2D eigenvalue weighted by Crippen LogP contribution is -2.12. The second kappa shape index (κ2) is 4.64. The Morgan fingerprint density at radius 2 is 2.21 bits per heavy atom. The van der Waals surface area contributed by atoms with Crippen molar-refractivity contribution in [3.63, 3.8) is 0 Å². The van der Waals surface area contributed by atoms with Gasteiger partial charge in [0.15, 0.2) is 0 Å². The molecule has 78 valence electrons. The number of benzene rings is 1. The Kier molecular flexibility index (Phi) is 3.75. The first-order valence-corrected chi connectivity index (χ1v) is 4.59. The maximum Gasteiger partial charge on any atom is 0.0793 e. The highest BCUT2D eigenvalue weighted by molar-refractivity contribution is 5.85. The summed E-state index contributed by atoms with van der Waals surface area (Å²) in [5.41, 5.74) is 5.72. The molecule has 4 heteroatoms. The van der Waals surface area contributed by atoms with Crippen molar-refractivity contribution in [3.8, 4) is 0 Å². The largest absolute Gasteiger partial charge is 0.388 e. The second-order valence-electron chi connectivity index (χ2n) is 3.47. The standard InChI is InChI=1S/C10H14N2O.ClH/c11-12-8-5-4-7-2-1-3-10(13)9(7)6-8;/h4-6,10,12-13H,1-3,11H2;1H. The third kappa shape index (κ3) is 2.00. The van der Waals surface area contributed by atoms with Crippen LogP contribution in [0.15, 0.2) is 18.2 Å². The van der Waals surface area contributed by atoms with E-state index in [2.05, 4.69) is 5.43 Å². The van der Waals surface area contributed by atoms with Gasteiger partial charge in [0.2, 0.25) is 0 Å². The van der Waals surface area contributed by atoms with Crippen LogP contribution in [0, 0.1) is 0 Å². The molecule has 4 N–H and O–H groups in total. The van der Waals surface area contributed by atoms with Crippen LogP contribution in [0.3, 0.4) is 0 Å². The van der Waals surface area contributed by atoms with Crippen LogP contribution in [0.2, 0.25) is 0 Å². The Balaban J connectivity index is 0.000000980. The number of nitrogen functional groups attached to an aromatic ring is 1. The monoisotopic (exact) mass is 214 g/mol. The molecular formula is C10H15ClN2O. The van der Waals surface area contributed by atoms with Gasteiger partial charge in [0.05, 0.1) is 6.10 Å². The first-order chi connectivity index (χ1) is 6.31. The molecule has 0 aromatic heterocycles. The van der Waals surface area contributed by atoms with Crippen LogP contribution in [0.25, 0.3) is 0 Å². The van der Waals surface area contributed by atoms with Crippen molar-refractivity contribution in [1.29, 1.82) is 0 Å². The number of aliphatic hydroxyl groups is 1. The molecule has 0 amide bonds. The molecule has 0 bridgehead atoms. The van der Waals surface area contributed by atoms with Crippen molar-refractivity contribution in [2.45, 2.75) is 25.4 Å². The summed E-state index contributed by atoms with van der Waals surface area (Å²) in [7, 11) is 0. The molecule has 1 unspecified atom stereocenters. The average molecular weight is 215 g/mol. The molecule has 1 aromatic rings. The minimum absolute atomic E-state index is 0. The molecule has 1 aromatic carbocycles. The van der Waals surface area contributed by atoms with Crippen LogP contribution in [0.4, 0.5) is 5.69 Å². The maximum absolute atomic E-state index is 9.71. The summed E-state index contributed by atoms with van der Waals surface area (Å²) in [4.78, 5) is 0. The Morgan fingerprint density at radius 3 is 2.93 bits per heavy atom. The zero-order valence-electron chi connectivity index (χ0n) is 7.86. The topological polar surface area (TPSA) is 58.3 Å². The number of hydrogen-bond acceptors (Lipinski definition) is 3. The minimum Gasteiger partial charge on any atom is -0.388 e. The van der Waals surface area contributed by atoms with Gasteiger partial charge in [-0.25, -0.2) is 0 Å². The third-order valence-corrected chi connectivity index (χ3v) is 2.60. The molecule has 1 aliphatic rings. The van der Waals surface area contributed by atoms with Crippen molar-refractivity contribution in [2.75, 3.05) is 5.43 Å². The fourth-order valence-electron chi connectivity index (χ4n) is 1.86. The summed E-state index contributed by atoms with van der Waals surface area (Å²) >= 11 is 0. The van der Waals surface area contributed by atoms with Gasteiger partial charge >= 0.3 is 0 Å². The zero-order valence-corrected chi connectivity index (χ0v) is 8.68. The van der Waals surface area contributed by atoms with E-state index in [0.29, 0.717) is 0 Å². The normalized spacial score (nSPS) is 19.4. The van der Waals surface area contributed by atoms with Gasteiger partial charge < -0.3 is 10.5 Å². The first kappa shape index (κ1) is 11.3. The number of hydrazine groups is 1. The van der Waals surface area contributed by atoms with Gasteiger partial charge in [0.1, 0.15) is 0 Å². The van der Waals surface area contributed by atoms with Crippen LogP contribution in [-0.2, 0) is 6.42 Å². The summed E-state index contributed by atoms with van der Waals surface area (Å²) in [5, 5.41) is 9.71. The van der Waals surface area contributed by atoms with Crippen molar-refractivity contribution >= 4 is 18.1 Å². The van der Waals surface area contributed by atoms with E-state index in [1.54, 1.807) is 0 Å². The van der Waals surface area contributed by atoms with Gasteiger partial charge in [0, 0.05) is 5.69 Å². The number of aliphatic hydroxyl groups excluding tert-OH is 1. The van der Waals surface area contributed by atoms with Crippen LogP contribution >= 0.6 is 12.4 Å². The number of halogens is 1. The number of rotatable bonds is 1. The van der Waals surface area contributed by atoms with Crippen LogP contribution in [0.1, 0.15) is 30.1 Å². The predicted octanol–water partition coefficient (Wildman–Crippen LogP) is 1.76. The average Bonchev–Trinajstić information content (AvgIpc) is 2.18. The number of hydrogen-bond donors (Lipinski definition) is 3. The summed E-state index contributed by atoms with van der Waals surface area (Å²) in [5.74, 6) is 5.30. The predicted molar refractivity (Wildman–Crippen MR) is 59.4 cm³/mol. The van der Waals surface area contributed by atoms with E-state index >= 15 is 0 Å². The Labute approximate surface area is 89.7 Å². The fourth-order valence-corrected chi connectivity index (χ4v) is 1.86. The van der Waals surface area contributed by atoms with Crippen LogP contribution in [-0.4, -0.2) is 5.11 Å². The van der Waals surface area contributed by atoms with Crippen molar-refractivity contribution in [2.24, 2.45) is 5.84 Å². The van der Waals surface area contributed by atoms with E-state index in [4.69, 9.17) is 5.84 Å². The molecule has 14 heavy (non-hydrogen) atoms. The van der Waals surface area contributed by atoms with Gasteiger partial charge in [-0.2, -0.15) is 0 Å². The van der Waals surface area contributed by atoms with E-state index in [-0.39, 0.29) is 18.5 Å². The highest BCUT2D eigenvalue weighted by atomic mass is 35.5. The molecule has 1 aliphatic carbocycles. The fraction of sp³-hybridized carbons (Fsp3) is 0.400. The van der Waals surface area contributed by atoms with E-state index < -0.39 is 0 Å². The smallest absolute Gasteiger partial charge is 0.0793 e. The van der Waals surface area contributed by atoms with Crippen LogP contribution in [0.5, 0.6) is 0 Å². The number of anilines is 1. The Bertz CT molecular complexity index is 317. The lowest BCUT2D eigenvalue weighted by Gasteiger charge is -2.21. The number of nitrogens with two attached hydrogens (primary N) is 1. The molecular weight excluding hydrogens is 200 g/mol. The van der Waals surface area contributed by atoms with Crippen molar-refractivity contribution in [1.82, 2.24) is 0 Å². The molecule has 0 saturated carbocycles. The maximum atomic E-state index is 9.71. The van der Waals surface area contributed by atoms with E-state index in [0.717, 1.165) is 30.5 Å². The van der Waals surface area contributed by atoms with Crippen LogP contribution < -0.4 is 11.3 Å². The molecule has 0 aliphatic heterocycles. The second-order valence-corrected chi connectivity index (χ2v) is 3.47. The highest BCUT2D eigenvalue weighted by Gasteiger charge is 2.17. The Hall–Kier alpha value is -0.770. The van der Waals surface area contributed by atoms with Gasteiger partial charge in [0.25, 0.3) is 0 Å². The molecule has 1 atom stereocenters. The van der Waals surface area contributed by atoms with Gasteiger partial charge in [-0.1, -0.05) is 6.07 Å². The van der Waals surface area contributed by atoms with Gasteiger partial charge in [-0.15, -0.1) is 12.4 Å². The molecule has 3 nitrogen and oxygen atoms in total. The molecule has 0 spiro atoms. The molecule has 0 saturated heterocycles. The van der Waals surface area contributed by atoms with Crippen molar-refractivity contribution in [3.05, 3.63) is 29.3 Å². The summed E-state index contributed by atoms with van der Waals surface area (Å²) in [6, 6.07) is 5.91. The molecule has 0 radical (unpaired) electrons. The minimum atomic E-state index is -0.308. The van der Waals surface area contributed by atoms with E-state index in [1.807, 2.05) is 18.2 Å². The summed E-state index contributed by atoms with van der Waals surface area (Å²) in [6.45, 7) is 0. The first-order valence-electron chi connectivity index (χ1n) is 4.59. The van der Waals surface area contributed by atoms with E-state index in [1.165, 1.54) is 5.56 Å². The zero-order chi connectivity index (χ0) is 9.26. The summed E-state index contributed by atoms with van der Waals surface area (Å²) in [6.07, 6.45) is 2.69.